The number of nitrogens with zero attached hydrogens (tertiary/aromatic N) is 3. The number of amides is 1. The fraction of sp³-hybridized carbons (Fsp3) is 0.167. The molecular formula is C12H12N4O4. The Morgan fingerprint density at radius 3 is 2.80 bits per heavy atom. The van der Waals surface area contributed by atoms with Gasteiger partial charge in [-0.05, 0) is 5.56 Å². The first-order valence-electron chi connectivity index (χ1n) is 5.72. The first-order valence-corrected chi connectivity index (χ1v) is 5.72. The van der Waals surface area contributed by atoms with Crippen molar-refractivity contribution in [2.75, 3.05) is 5.32 Å². The maximum absolute atomic E-state index is 11.6. The van der Waals surface area contributed by atoms with Gasteiger partial charge in [0.15, 0.2) is 0 Å². The summed E-state index contributed by atoms with van der Waals surface area (Å²) in [5, 5.41) is 16.8. The molecule has 1 aromatic heterocycles. The molecular weight excluding hydrogens is 264 g/mol. The summed E-state index contributed by atoms with van der Waals surface area (Å²) < 4.78 is 6.20. The Kier molecular flexibility index (Phi) is 3.94. The van der Waals surface area contributed by atoms with Crippen LogP contribution < -0.4 is 5.32 Å². The van der Waals surface area contributed by atoms with Crippen LogP contribution in [0.4, 0.5) is 16.3 Å². The number of nitrogens with one attached hydrogen (secondary N) is 1. The highest BCUT2D eigenvalue weighted by Gasteiger charge is 2.20. The van der Waals surface area contributed by atoms with Gasteiger partial charge in [0, 0.05) is 7.05 Å². The van der Waals surface area contributed by atoms with E-state index in [4.69, 9.17) is 4.74 Å². The molecule has 20 heavy (non-hydrogen) atoms. The number of rotatable bonds is 4. The van der Waals surface area contributed by atoms with Gasteiger partial charge in [-0.1, -0.05) is 30.3 Å². The summed E-state index contributed by atoms with van der Waals surface area (Å²) in [7, 11) is 1.52. The number of ether oxygens (including phenoxy) is 1. The molecule has 1 aromatic carbocycles. The maximum atomic E-state index is 11.6. The number of anilines is 1. The standard InChI is InChI=1S/C12H12N4O4/c1-15-7-10(16(18)19)11(14-15)13-12(17)20-8-9-5-3-2-4-6-9/h2-7H,8H2,1H3,(H,13,14,17). The smallest absolute Gasteiger partial charge is 0.413 e. The number of benzene rings is 1. The largest absolute Gasteiger partial charge is 0.444 e. The third kappa shape index (κ3) is 3.31. The van der Waals surface area contributed by atoms with Gasteiger partial charge < -0.3 is 4.74 Å². The summed E-state index contributed by atoms with van der Waals surface area (Å²) in [4.78, 5) is 21.7. The van der Waals surface area contributed by atoms with E-state index in [0.717, 1.165) is 5.56 Å². The summed E-state index contributed by atoms with van der Waals surface area (Å²) in [5.74, 6) is -0.143. The third-order valence-electron chi connectivity index (χ3n) is 2.44. The van der Waals surface area contributed by atoms with E-state index < -0.39 is 11.0 Å². The van der Waals surface area contributed by atoms with E-state index >= 15 is 0 Å². The summed E-state index contributed by atoms with van der Waals surface area (Å²) in [6, 6.07) is 9.09. The van der Waals surface area contributed by atoms with Crippen LogP contribution in [0.2, 0.25) is 0 Å². The molecule has 0 spiro atoms. The van der Waals surface area contributed by atoms with Gasteiger partial charge in [-0.2, -0.15) is 0 Å². The minimum Gasteiger partial charge on any atom is -0.444 e. The van der Waals surface area contributed by atoms with Crippen molar-refractivity contribution in [1.29, 1.82) is 0 Å². The molecule has 1 heterocycles. The van der Waals surface area contributed by atoms with Crippen LogP contribution in [-0.2, 0) is 18.4 Å². The lowest BCUT2D eigenvalue weighted by Gasteiger charge is -2.04. The Morgan fingerprint density at radius 2 is 2.15 bits per heavy atom. The van der Waals surface area contributed by atoms with E-state index in [2.05, 4.69) is 10.4 Å². The first kappa shape index (κ1) is 13.5. The van der Waals surface area contributed by atoms with E-state index in [1.807, 2.05) is 18.2 Å². The van der Waals surface area contributed by atoms with Crippen LogP contribution in [0, 0.1) is 10.1 Å². The van der Waals surface area contributed by atoms with Crippen LogP contribution in [-0.4, -0.2) is 20.8 Å². The van der Waals surface area contributed by atoms with Gasteiger partial charge in [-0.25, -0.2) is 4.79 Å². The van der Waals surface area contributed by atoms with Crippen molar-refractivity contribution < 1.29 is 14.5 Å². The van der Waals surface area contributed by atoms with Gasteiger partial charge in [-0.3, -0.25) is 20.1 Å². The molecule has 0 aliphatic rings. The molecule has 104 valence electrons. The van der Waals surface area contributed by atoms with E-state index in [1.165, 1.54) is 17.9 Å². The van der Waals surface area contributed by atoms with Gasteiger partial charge in [0.1, 0.15) is 12.8 Å². The predicted molar refractivity (Wildman–Crippen MR) is 70.1 cm³/mol. The van der Waals surface area contributed by atoms with E-state index in [-0.39, 0.29) is 18.1 Å². The number of hydrogen-bond acceptors (Lipinski definition) is 5. The van der Waals surface area contributed by atoms with Gasteiger partial charge in [0.2, 0.25) is 5.82 Å². The molecule has 2 aromatic rings. The lowest BCUT2D eigenvalue weighted by Crippen LogP contribution is -2.14. The highest BCUT2D eigenvalue weighted by molar-refractivity contribution is 5.86. The summed E-state index contributed by atoms with van der Waals surface area (Å²) >= 11 is 0. The topological polar surface area (TPSA) is 99.3 Å². The molecule has 8 heteroatoms. The normalized spacial score (nSPS) is 10.1. The summed E-state index contributed by atoms with van der Waals surface area (Å²) in [5.41, 5.74) is 0.530. The fourth-order valence-corrected chi connectivity index (χ4v) is 1.55. The molecule has 0 aliphatic carbocycles. The number of carbonyl (C=O) groups is 1. The van der Waals surface area contributed by atoms with Crippen LogP contribution in [0.3, 0.4) is 0 Å². The molecule has 0 radical (unpaired) electrons. The Bertz CT molecular complexity index is 624. The van der Waals surface area contributed by atoms with Crippen LogP contribution in [0.25, 0.3) is 0 Å². The molecule has 2 rings (SSSR count). The number of aromatic nitrogens is 2. The quantitative estimate of drug-likeness (QED) is 0.680. The second kappa shape index (κ2) is 5.83. The molecule has 0 bridgehead atoms. The van der Waals surface area contributed by atoms with E-state index in [9.17, 15) is 14.9 Å². The SMILES string of the molecule is Cn1cc([N+](=O)[O-])c(NC(=O)OCc2ccccc2)n1. The number of hydrogen-bond donors (Lipinski definition) is 1. The van der Waals surface area contributed by atoms with Crippen molar-refractivity contribution in [2.24, 2.45) is 7.05 Å². The van der Waals surface area contributed by atoms with Gasteiger partial charge in [-0.15, -0.1) is 5.10 Å². The average molecular weight is 276 g/mol. The van der Waals surface area contributed by atoms with Crippen LogP contribution in [0.5, 0.6) is 0 Å². The second-order valence-electron chi connectivity index (χ2n) is 3.98. The highest BCUT2D eigenvalue weighted by Crippen LogP contribution is 2.21. The Hall–Kier alpha value is -2.90. The van der Waals surface area contributed by atoms with Crippen molar-refractivity contribution in [3.63, 3.8) is 0 Å². The monoisotopic (exact) mass is 276 g/mol. The van der Waals surface area contributed by atoms with Crippen LogP contribution in [0.15, 0.2) is 36.5 Å². The zero-order chi connectivity index (χ0) is 14.5. The number of aryl methyl sites for hydroxylation is 1. The zero-order valence-corrected chi connectivity index (χ0v) is 10.6. The molecule has 0 unspecified atom stereocenters. The van der Waals surface area contributed by atoms with Crippen molar-refractivity contribution in [1.82, 2.24) is 9.78 Å². The number of carbonyl (C=O) groups excluding carboxylic acids is 1. The molecule has 0 atom stereocenters. The van der Waals surface area contributed by atoms with E-state index in [1.54, 1.807) is 12.1 Å². The van der Waals surface area contributed by atoms with Gasteiger partial charge in [0.25, 0.3) is 0 Å². The van der Waals surface area contributed by atoms with Gasteiger partial charge in [0.05, 0.1) is 4.92 Å². The van der Waals surface area contributed by atoms with Crippen LogP contribution >= 0.6 is 0 Å². The molecule has 1 N–H and O–H groups in total. The van der Waals surface area contributed by atoms with Crippen molar-refractivity contribution in [2.45, 2.75) is 6.61 Å². The van der Waals surface area contributed by atoms with Crippen molar-refractivity contribution in [3.05, 3.63) is 52.2 Å². The molecule has 0 saturated carbocycles. The predicted octanol–water partition coefficient (Wildman–Crippen LogP) is 2.08. The molecule has 1 amide bonds. The number of nitro groups is 1. The van der Waals surface area contributed by atoms with Gasteiger partial charge >= 0.3 is 11.8 Å². The summed E-state index contributed by atoms with van der Waals surface area (Å²) in [6.07, 6.45) is 0.406. The molecule has 8 nitrogen and oxygen atoms in total. The van der Waals surface area contributed by atoms with E-state index in [0.29, 0.717) is 0 Å². The summed E-state index contributed by atoms with van der Waals surface area (Å²) in [6.45, 7) is 0.0767. The molecule has 0 fully saturated rings. The van der Waals surface area contributed by atoms with Crippen molar-refractivity contribution >= 4 is 17.6 Å². The minimum atomic E-state index is -0.796. The van der Waals surface area contributed by atoms with Crippen molar-refractivity contribution in [3.8, 4) is 0 Å². The minimum absolute atomic E-state index is 0.0767. The lowest BCUT2D eigenvalue weighted by atomic mass is 10.2. The maximum Gasteiger partial charge on any atom is 0.413 e. The highest BCUT2D eigenvalue weighted by atomic mass is 16.6. The molecule has 0 aliphatic heterocycles. The Morgan fingerprint density at radius 1 is 1.45 bits per heavy atom. The van der Waals surface area contributed by atoms with Crippen LogP contribution in [0.1, 0.15) is 5.56 Å². The second-order valence-corrected chi connectivity index (χ2v) is 3.98. The Balaban J connectivity index is 1.96. The molecule has 0 saturated heterocycles. The average Bonchev–Trinajstić information content (AvgIpc) is 2.79. The lowest BCUT2D eigenvalue weighted by molar-refractivity contribution is -0.384. The Labute approximate surface area is 114 Å². The fourth-order valence-electron chi connectivity index (χ4n) is 1.55. The zero-order valence-electron chi connectivity index (χ0n) is 10.6. The first-order chi connectivity index (χ1) is 9.56. The third-order valence-corrected chi connectivity index (χ3v) is 2.44.